The first-order chi connectivity index (χ1) is 35.1. The molecule has 10 nitrogen and oxygen atoms in total. The molecule has 390 valence electrons. The van der Waals surface area contributed by atoms with Gasteiger partial charge in [0.25, 0.3) is 0 Å². The number of rotatable bonds is 16. The summed E-state index contributed by atoms with van der Waals surface area (Å²) in [6.45, 7) is 23.7. The molecule has 0 spiro atoms. The van der Waals surface area contributed by atoms with Crippen molar-refractivity contribution in [3.8, 4) is 17.2 Å². The second-order valence-corrected chi connectivity index (χ2v) is 22.4. The Labute approximate surface area is 450 Å². The molecule has 3 aromatic rings. The van der Waals surface area contributed by atoms with E-state index >= 15 is 0 Å². The van der Waals surface area contributed by atoms with Crippen molar-refractivity contribution in [2.75, 3.05) is 26.4 Å². The summed E-state index contributed by atoms with van der Waals surface area (Å²) in [7, 11) is 0. The van der Waals surface area contributed by atoms with Crippen LogP contribution >= 0.6 is 0 Å². The summed E-state index contributed by atoms with van der Waals surface area (Å²) in [5, 5.41) is 7.50. The van der Waals surface area contributed by atoms with Gasteiger partial charge in [0.1, 0.15) is 23.0 Å². The monoisotopic (exact) mass is 1220 g/mol. The van der Waals surface area contributed by atoms with Gasteiger partial charge in [0, 0.05) is 78.0 Å². The number of fused-ring (bicyclic) bond motifs is 7. The molecular weight excluding hydrogens is 1140 g/mol. The molecule has 2 N–H and O–H groups in total. The Hall–Kier alpha value is -5.11. The number of benzene rings is 3. The molecule has 0 heterocycles. The van der Waals surface area contributed by atoms with Crippen LogP contribution in [0, 0.1) is 38.6 Å². The number of carbonyl (C=O) groups excluding carboxylic acids is 2. The fraction of sp³-hybridized carbons (Fsp3) is 0.484. The second kappa shape index (κ2) is 26.9. The third-order valence-electron chi connectivity index (χ3n) is 13.8. The zero-order valence-electron chi connectivity index (χ0n) is 45.3. The van der Waals surface area contributed by atoms with Crippen LogP contribution in [0.2, 0.25) is 0 Å². The molecule has 4 aliphatic carbocycles. The maximum absolute atomic E-state index is 15.0. The quantitative estimate of drug-likeness (QED) is 0.134. The van der Waals surface area contributed by atoms with E-state index in [1.165, 1.54) is 0 Å². The molecule has 3 aromatic carbocycles. The zero-order valence-corrected chi connectivity index (χ0v) is 49.5. The van der Waals surface area contributed by atoms with Crippen molar-refractivity contribution < 1.29 is 60.8 Å². The van der Waals surface area contributed by atoms with Gasteiger partial charge in [0.15, 0.2) is 11.6 Å². The van der Waals surface area contributed by atoms with E-state index in [1.54, 1.807) is 6.08 Å². The minimum atomic E-state index is -2.51. The van der Waals surface area contributed by atoms with Crippen LogP contribution < -0.4 is 24.8 Å². The summed E-state index contributed by atoms with van der Waals surface area (Å²) in [5.41, 5.74) is 10.9. The molecule has 0 amide bonds. The first kappa shape index (κ1) is 57.2. The molecule has 1 saturated carbocycles. The molecule has 0 aliphatic heterocycles. The van der Waals surface area contributed by atoms with Gasteiger partial charge in [-0.1, -0.05) is 143 Å². The molecule has 7 rings (SSSR count). The fourth-order valence-electron chi connectivity index (χ4n) is 10.0. The van der Waals surface area contributed by atoms with Gasteiger partial charge in [0.05, 0.1) is 26.4 Å². The van der Waals surface area contributed by atoms with Crippen molar-refractivity contribution in [3.05, 3.63) is 158 Å². The van der Waals surface area contributed by atoms with Crippen molar-refractivity contribution in [1.82, 2.24) is 10.6 Å². The molecule has 4 aliphatic rings. The number of ketones is 2. The minimum absolute atomic E-state index is 0.0122. The van der Waals surface area contributed by atoms with E-state index in [2.05, 4.69) is 147 Å². The maximum atomic E-state index is 15.0. The van der Waals surface area contributed by atoms with E-state index in [0.29, 0.717) is 63.3 Å². The third-order valence-corrected chi connectivity index (χ3v) is 13.8. The molecule has 0 radical (unpaired) electrons. The number of carbonyl (C=O) groups is 2. The van der Waals surface area contributed by atoms with Crippen molar-refractivity contribution >= 4 is 11.6 Å². The number of hydrogen-bond donors (Lipinski definition) is 2. The molecule has 73 heavy (non-hydrogen) atoms. The second-order valence-electron chi connectivity index (χ2n) is 21.7. The SMILES string of the molecule is CCCOC1=C2Cc3cccc(c3OCCC)Cc3cccc(c3OCCC)Cc3cccc(c3OCCC)CC1=CC(=O)/C2=C\N[C@@H]1CCCC[C@H]1N/C=C1/C=C(C(C)(C)C)C=C(C(C)(C)C)C1=O.[O]=[U]=[O]. The summed E-state index contributed by atoms with van der Waals surface area (Å²) < 4.78 is 44.2. The molecular formula is C62H80N2O8U. The molecule has 1 fully saturated rings. The van der Waals surface area contributed by atoms with E-state index in [0.717, 1.165) is 130 Å². The Kier molecular flexibility index (Phi) is 21.1. The predicted molar refractivity (Wildman–Crippen MR) is 286 cm³/mol. The summed E-state index contributed by atoms with van der Waals surface area (Å²) in [6.07, 6.45) is 19.4. The number of para-hydroxylation sites is 3. The first-order valence-corrected chi connectivity index (χ1v) is 30.2. The Bertz CT molecular complexity index is 2680. The fourth-order valence-corrected chi connectivity index (χ4v) is 10.0. The first-order valence-electron chi connectivity index (χ1n) is 26.8. The van der Waals surface area contributed by atoms with Gasteiger partial charge in [-0.05, 0) is 100 Å². The van der Waals surface area contributed by atoms with Crippen molar-refractivity contribution in [2.24, 2.45) is 10.8 Å². The van der Waals surface area contributed by atoms with Crippen LogP contribution in [0.15, 0.2) is 124 Å². The molecule has 0 unspecified atom stereocenters. The number of Topliss-reactive ketones (excluding diaryl/α,β-unsaturated/α-hetero) is 1. The predicted octanol–water partition coefficient (Wildman–Crippen LogP) is 13.1. The molecule has 11 heteroatoms. The summed E-state index contributed by atoms with van der Waals surface area (Å²) in [5.74, 6) is 3.36. The molecule has 0 saturated heterocycles. The van der Waals surface area contributed by atoms with Gasteiger partial charge in [-0.3, -0.25) is 9.59 Å². The van der Waals surface area contributed by atoms with Crippen LogP contribution in [-0.4, -0.2) is 50.1 Å². The Morgan fingerprint density at radius 1 is 0.562 bits per heavy atom. The van der Waals surface area contributed by atoms with Crippen molar-refractivity contribution in [3.63, 3.8) is 0 Å². The summed E-state index contributed by atoms with van der Waals surface area (Å²) >= 11 is -2.51. The Morgan fingerprint density at radius 3 is 1.42 bits per heavy atom. The molecule has 0 aromatic heterocycles. The van der Waals surface area contributed by atoms with Crippen LogP contribution in [0.3, 0.4) is 0 Å². The van der Waals surface area contributed by atoms with E-state index in [9.17, 15) is 9.59 Å². The van der Waals surface area contributed by atoms with Crippen LogP contribution in [0.25, 0.3) is 0 Å². The van der Waals surface area contributed by atoms with Gasteiger partial charge in [-0.15, -0.1) is 0 Å². The molecule has 2 atom stereocenters. The average Bonchev–Trinajstić information content (AvgIpc) is 3.34. The summed E-state index contributed by atoms with van der Waals surface area (Å²) in [4.78, 5) is 29.0. The van der Waals surface area contributed by atoms with Crippen molar-refractivity contribution in [1.29, 1.82) is 0 Å². The van der Waals surface area contributed by atoms with Gasteiger partial charge in [-0.2, -0.15) is 0 Å². The van der Waals surface area contributed by atoms with Gasteiger partial charge >= 0.3 is 32.3 Å². The van der Waals surface area contributed by atoms with Gasteiger partial charge in [-0.25, -0.2) is 0 Å². The van der Waals surface area contributed by atoms with Gasteiger partial charge in [0.2, 0.25) is 0 Å². The van der Waals surface area contributed by atoms with E-state index < -0.39 is 27.8 Å². The summed E-state index contributed by atoms with van der Waals surface area (Å²) in [6, 6.07) is 19.4. The topological polar surface area (TPSA) is 129 Å². The van der Waals surface area contributed by atoms with Crippen molar-refractivity contribution in [2.45, 2.75) is 158 Å². The zero-order chi connectivity index (χ0) is 52.7. The number of allylic oxidation sites excluding steroid dienone is 9. The van der Waals surface area contributed by atoms with Crippen LogP contribution in [-0.2, 0) is 44.5 Å². The standard InChI is InChI=1S/C62H80N2O6.2O.U/c1-11-28-67-57-41-20-17-21-42(57)33-44-23-19-25-46(59(44)69-30-13-3)36-50-51(55(65)37-47(60(50)70-31-14-4)34-45-24-18-22-43(32-41)58(45)68-29-12-2)40-64-54-27-16-15-26-53(54)63-39-48-35-49(61(5,6)7)38-52(56(48)66)62(8,9)10;;;/h17-25,35,37-40,53-54,63-64H,11-16,26-34,36H2,1-10H3;;;/b48-39-,51-40-;;;/t53-,54-;;;/m1.../s1. The number of nitrogens with one attached hydrogen (secondary N) is 2. The van der Waals surface area contributed by atoms with Crippen LogP contribution in [0.4, 0.5) is 0 Å². The number of ether oxygens (including phenoxy) is 4. The van der Waals surface area contributed by atoms with E-state index in [4.69, 9.17) is 23.4 Å². The Balaban J connectivity index is 0.00000283. The van der Waals surface area contributed by atoms with E-state index in [-0.39, 0.29) is 34.5 Å². The normalized spacial score (nSPS) is 19.2. The van der Waals surface area contributed by atoms with Crippen LogP contribution in [0.1, 0.15) is 154 Å². The van der Waals surface area contributed by atoms with E-state index in [1.807, 2.05) is 12.4 Å². The number of hydrogen-bond acceptors (Lipinski definition) is 10. The third kappa shape index (κ3) is 14.8. The van der Waals surface area contributed by atoms with Gasteiger partial charge < -0.3 is 29.6 Å². The molecule has 8 bridgehead atoms. The van der Waals surface area contributed by atoms with Crippen LogP contribution in [0.5, 0.6) is 17.2 Å². The Morgan fingerprint density at radius 2 is 0.986 bits per heavy atom. The average molecular weight is 1220 g/mol.